The summed E-state index contributed by atoms with van der Waals surface area (Å²) in [6.07, 6.45) is 0.473. The van der Waals surface area contributed by atoms with E-state index in [1.54, 1.807) is 13.8 Å². The van der Waals surface area contributed by atoms with E-state index in [-0.39, 0.29) is 41.9 Å². The predicted octanol–water partition coefficient (Wildman–Crippen LogP) is 1.72. The zero-order valence-corrected chi connectivity index (χ0v) is 13.9. The molecule has 1 fully saturated rings. The number of carbonyl (C=O) groups is 2. The number of nitrogens with one attached hydrogen (secondary N) is 2. The summed E-state index contributed by atoms with van der Waals surface area (Å²) in [4.78, 5) is 24.0. The number of amides is 2. The maximum absolute atomic E-state index is 13.8. The summed E-state index contributed by atoms with van der Waals surface area (Å²) in [6, 6.07) is 2.67. The summed E-state index contributed by atoms with van der Waals surface area (Å²) in [7, 11) is 1.39. The van der Waals surface area contributed by atoms with E-state index in [2.05, 4.69) is 10.6 Å². The van der Waals surface area contributed by atoms with E-state index in [4.69, 9.17) is 4.74 Å². The van der Waals surface area contributed by atoms with Crippen LogP contribution in [0.1, 0.15) is 31.7 Å². The molecule has 0 heterocycles. The topological polar surface area (TPSA) is 67.4 Å². The maximum Gasteiger partial charge on any atom is 0.246 e. The van der Waals surface area contributed by atoms with Crippen molar-refractivity contribution in [3.8, 4) is 0 Å². The van der Waals surface area contributed by atoms with Crippen LogP contribution in [-0.2, 0) is 14.3 Å². The van der Waals surface area contributed by atoms with Crippen LogP contribution in [0.5, 0.6) is 0 Å². The Balaban J connectivity index is 1.98. The summed E-state index contributed by atoms with van der Waals surface area (Å²) < 4.78 is 32.3. The van der Waals surface area contributed by atoms with Gasteiger partial charge in [-0.15, -0.1) is 0 Å². The van der Waals surface area contributed by atoms with Crippen molar-refractivity contribution in [1.29, 1.82) is 0 Å². The lowest BCUT2D eigenvalue weighted by Gasteiger charge is -2.21. The molecule has 2 N–H and O–H groups in total. The highest BCUT2D eigenvalue weighted by Gasteiger charge is 2.43. The van der Waals surface area contributed by atoms with Crippen LogP contribution in [0, 0.1) is 17.6 Å². The highest BCUT2D eigenvalue weighted by molar-refractivity contribution is 5.88. The fraction of sp³-hybridized carbons (Fsp3) is 0.529. The third-order valence-corrected chi connectivity index (χ3v) is 4.03. The molecule has 1 aliphatic rings. The second-order valence-corrected chi connectivity index (χ2v) is 6.31. The van der Waals surface area contributed by atoms with Gasteiger partial charge < -0.3 is 15.4 Å². The first-order chi connectivity index (χ1) is 11.3. The first-order valence-electron chi connectivity index (χ1n) is 7.87. The van der Waals surface area contributed by atoms with Crippen LogP contribution in [-0.4, -0.2) is 37.6 Å². The van der Waals surface area contributed by atoms with E-state index >= 15 is 0 Å². The van der Waals surface area contributed by atoms with Gasteiger partial charge in [-0.2, -0.15) is 0 Å². The monoisotopic (exact) mass is 340 g/mol. The number of carbonyl (C=O) groups excluding carboxylic acids is 2. The molecule has 0 aromatic heterocycles. The van der Waals surface area contributed by atoms with Gasteiger partial charge in [0.1, 0.15) is 24.3 Å². The van der Waals surface area contributed by atoms with Crippen LogP contribution in [0.3, 0.4) is 0 Å². The van der Waals surface area contributed by atoms with Crippen LogP contribution in [0.25, 0.3) is 0 Å². The van der Waals surface area contributed by atoms with Crippen molar-refractivity contribution in [3.63, 3.8) is 0 Å². The third kappa shape index (κ3) is 4.29. The Labute approximate surface area is 139 Å². The molecule has 0 saturated heterocycles. The Hall–Kier alpha value is -2.02. The molecule has 2 rings (SSSR count). The van der Waals surface area contributed by atoms with Gasteiger partial charge in [0.15, 0.2) is 0 Å². The van der Waals surface area contributed by atoms with Crippen LogP contribution in [0.15, 0.2) is 18.2 Å². The van der Waals surface area contributed by atoms with Crippen LogP contribution < -0.4 is 10.6 Å². The van der Waals surface area contributed by atoms with Gasteiger partial charge in [0.2, 0.25) is 11.8 Å². The van der Waals surface area contributed by atoms with Gasteiger partial charge in [0.25, 0.3) is 0 Å². The minimum atomic E-state index is -0.723. The third-order valence-electron chi connectivity index (χ3n) is 4.03. The number of hydrogen-bond donors (Lipinski definition) is 2. The molecule has 0 unspecified atom stereocenters. The first kappa shape index (κ1) is 18.3. The number of benzene rings is 1. The van der Waals surface area contributed by atoms with Crippen LogP contribution in [0.2, 0.25) is 0 Å². The molecule has 0 aliphatic heterocycles. The average molecular weight is 340 g/mol. The second-order valence-electron chi connectivity index (χ2n) is 6.31. The molecule has 0 bridgehead atoms. The standard InChI is InChI=1S/C17H22F2N2O3/c1-9(2)16(21-14(22)8-24-3)17(23)20-13-7-10(13)15-11(18)5-4-6-12(15)19/h4-6,9-10,13,16H,7-8H2,1-3H3,(H,20,23)(H,21,22)/t10-,13-,16-/m0/s1. The Morgan fingerprint density at radius 2 is 1.92 bits per heavy atom. The van der Waals surface area contributed by atoms with E-state index in [0.29, 0.717) is 6.42 Å². The predicted molar refractivity (Wildman–Crippen MR) is 84.3 cm³/mol. The Morgan fingerprint density at radius 1 is 1.29 bits per heavy atom. The van der Waals surface area contributed by atoms with Crippen molar-refractivity contribution in [3.05, 3.63) is 35.4 Å². The van der Waals surface area contributed by atoms with Crippen LogP contribution >= 0.6 is 0 Å². The Kier molecular flexibility index (Phi) is 5.88. The largest absolute Gasteiger partial charge is 0.375 e. The molecule has 1 aromatic carbocycles. The zero-order valence-electron chi connectivity index (χ0n) is 13.9. The van der Waals surface area contributed by atoms with Gasteiger partial charge in [-0.05, 0) is 24.5 Å². The molecular weight excluding hydrogens is 318 g/mol. The number of ether oxygens (including phenoxy) is 1. The smallest absolute Gasteiger partial charge is 0.246 e. The van der Waals surface area contributed by atoms with Crippen LogP contribution in [0.4, 0.5) is 8.78 Å². The average Bonchev–Trinajstić information content (AvgIpc) is 3.23. The highest BCUT2D eigenvalue weighted by atomic mass is 19.1. The minimum absolute atomic E-state index is 0.00677. The van der Waals surface area contributed by atoms with Crippen molar-refractivity contribution in [2.24, 2.45) is 5.92 Å². The van der Waals surface area contributed by atoms with Crippen molar-refractivity contribution in [1.82, 2.24) is 10.6 Å². The molecule has 0 spiro atoms. The number of hydrogen-bond acceptors (Lipinski definition) is 3. The van der Waals surface area contributed by atoms with E-state index in [0.717, 1.165) is 0 Å². The van der Waals surface area contributed by atoms with Crippen molar-refractivity contribution in [2.45, 2.75) is 38.3 Å². The summed E-state index contributed by atoms with van der Waals surface area (Å²) >= 11 is 0. The second kappa shape index (κ2) is 7.70. The molecule has 3 atom stereocenters. The summed E-state index contributed by atoms with van der Waals surface area (Å²) in [6.45, 7) is 3.47. The van der Waals surface area contributed by atoms with Gasteiger partial charge in [-0.1, -0.05) is 19.9 Å². The number of methoxy groups -OCH3 is 1. The van der Waals surface area contributed by atoms with Gasteiger partial charge in [-0.3, -0.25) is 9.59 Å². The number of rotatable bonds is 7. The molecule has 132 valence electrons. The quantitative estimate of drug-likeness (QED) is 0.794. The van der Waals surface area contributed by atoms with Gasteiger partial charge in [0, 0.05) is 24.6 Å². The maximum atomic E-state index is 13.8. The van der Waals surface area contributed by atoms with E-state index < -0.39 is 17.7 Å². The fourth-order valence-electron chi connectivity index (χ4n) is 2.69. The Morgan fingerprint density at radius 3 is 2.46 bits per heavy atom. The normalized spacial score (nSPS) is 20.6. The lowest BCUT2D eigenvalue weighted by Crippen LogP contribution is -2.51. The van der Waals surface area contributed by atoms with Gasteiger partial charge in [0.05, 0.1) is 0 Å². The first-order valence-corrected chi connectivity index (χ1v) is 7.87. The molecule has 1 aromatic rings. The summed E-state index contributed by atoms with van der Waals surface area (Å²) in [5.41, 5.74) is 0.00677. The molecule has 24 heavy (non-hydrogen) atoms. The molecule has 5 nitrogen and oxygen atoms in total. The minimum Gasteiger partial charge on any atom is -0.375 e. The lowest BCUT2D eigenvalue weighted by molar-refractivity contribution is -0.132. The lowest BCUT2D eigenvalue weighted by atomic mass is 10.0. The molecule has 1 aliphatic carbocycles. The van der Waals surface area contributed by atoms with E-state index in [1.165, 1.54) is 25.3 Å². The van der Waals surface area contributed by atoms with Crippen molar-refractivity contribution in [2.75, 3.05) is 13.7 Å². The molecule has 2 amide bonds. The summed E-state index contributed by atoms with van der Waals surface area (Å²) in [5, 5.41) is 5.36. The fourth-order valence-corrected chi connectivity index (χ4v) is 2.69. The Bertz CT molecular complexity index is 602. The molecule has 7 heteroatoms. The summed E-state index contributed by atoms with van der Waals surface area (Å²) in [5.74, 6) is -2.47. The molecular formula is C17H22F2N2O3. The highest BCUT2D eigenvalue weighted by Crippen LogP contribution is 2.43. The molecule has 1 saturated carbocycles. The number of halogens is 2. The zero-order chi connectivity index (χ0) is 17.9. The van der Waals surface area contributed by atoms with E-state index in [9.17, 15) is 18.4 Å². The van der Waals surface area contributed by atoms with Gasteiger partial charge >= 0.3 is 0 Å². The van der Waals surface area contributed by atoms with E-state index in [1.807, 2.05) is 0 Å². The molecule has 0 radical (unpaired) electrons. The SMILES string of the molecule is COCC(=O)N[C@H](C(=O)N[C@H]1C[C@@H]1c1c(F)cccc1F)C(C)C. The van der Waals surface area contributed by atoms with Crippen molar-refractivity contribution >= 4 is 11.8 Å². The van der Waals surface area contributed by atoms with Gasteiger partial charge in [-0.25, -0.2) is 8.78 Å². The van der Waals surface area contributed by atoms with Crippen molar-refractivity contribution < 1.29 is 23.1 Å².